The summed E-state index contributed by atoms with van der Waals surface area (Å²) in [4.78, 5) is 4.75. The molecule has 0 spiro atoms. The van der Waals surface area contributed by atoms with E-state index in [2.05, 4.69) is 38.4 Å². The lowest BCUT2D eigenvalue weighted by atomic mass is 9.73. The summed E-state index contributed by atoms with van der Waals surface area (Å²) in [6.45, 7) is 10.3. The van der Waals surface area contributed by atoms with Crippen molar-refractivity contribution in [1.29, 1.82) is 0 Å². The second-order valence-corrected chi connectivity index (χ2v) is 7.46. The minimum Gasteiger partial charge on any atom is -0.308 e. The third kappa shape index (κ3) is 4.03. The molecule has 0 amide bonds. The van der Waals surface area contributed by atoms with Gasteiger partial charge < -0.3 is 5.32 Å². The van der Waals surface area contributed by atoms with E-state index >= 15 is 0 Å². The lowest BCUT2D eigenvalue weighted by Crippen LogP contribution is -2.34. The molecule has 0 radical (unpaired) electrons. The van der Waals surface area contributed by atoms with Crippen LogP contribution in [0.15, 0.2) is 5.38 Å². The van der Waals surface area contributed by atoms with Gasteiger partial charge in [-0.25, -0.2) is 4.98 Å². The highest BCUT2D eigenvalue weighted by atomic mass is 32.1. The van der Waals surface area contributed by atoms with Crippen molar-refractivity contribution < 1.29 is 0 Å². The fourth-order valence-electron chi connectivity index (χ4n) is 3.62. The summed E-state index contributed by atoms with van der Waals surface area (Å²) in [5.41, 5.74) is 1.28. The molecule has 0 bridgehead atoms. The molecule has 1 N–H and O–H groups in total. The minimum absolute atomic E-state index is 0.468. The average Bonchev–Trinajstić information content (AvgIpc) is 2.75. The van der Waals surface area contributed by atoms with E-state index in [1.165, 1.54) is 36.4 Å². The predicted octanol–water partition coefficient (Wildman–Crippen LogP) is 4.56. The number of rotatable bonds is 5. The number of nitrogens with one attached hydrogen (secondary N) is 1. The number of aromatic nitrogens is 1. The highest BCUT2D eigenvalue weighted by Crippen LogP contribution is 2.39. The van der Waals surface area contributed by atoms with Crippen LogP contribution >= 0.6 is 11.3 Å². The van der Waals surface area contributed by atoms with Crippen LogP contribution in [0.2, 0.25) is 0 Å². The molecule has 2 nitrogen and oxygen atoms in total. The second kappa shape index (κ2) is 6.85. The summed E-state index contributed by atoms with van der Waals surface area (Å²) in [6.07, 6.45) is 5.29. The summed E-state index contributed by atoms with van der Waals surface area (Å²) >= 11 is 1.78. The molecular formula is C16H28N2S. The topological polar surface area (TPSA) is 24.9 Å². The van der Waals surface area contributed by atoms with E-state index in [4.69, 9.17) is 4.98 Å². The van der Waals surface area contributed by atoms with Gasteiger partial charge in [0.25, 0.3) is 0 Å². The van der Waals surface area contributed by atoms with Crippen molar-refractivity contribution in [3.8, 4) is 0 Å². The number of hydrogen-bond acceptors (Lipinski definition) is 3. The maximum atomic E-state index is 4.75. The molecule has 0 saturated heterocycles. The SMILES string of the molecule is CCCNC(c1csc(C)n1)C1CC(C)CC(C)C1. The maximum absolute atomic E-state index is 4.75. The van der Waals surface area contributed by atoms with E-state index in [1.807, 2.05) is 0 Å². The van der Waals surface area contributed by atoms with E-state index in [9.17, 15) is 0 Å². The zero-order valence-electron chi connectivity index (χ0n) is 12.8. The van der Waals surface area contributed by atoms with Gasteiger partial charge in [0.15, 0.2) is 0 Å². The summed E-state index contributed by atoms with van der Waals surface area (Å²) < 4.78 is 0. The van der Waals surface area contributed by atoms with Gasteiger partial charge in [0.05, 0.1) is 16.7 Å². The largest absolute Gasteiger partial charge is 0.308 e. The summed E-state index contributed by atoms with van der Waals surface area (Å²) in [5.74, 6) is 2.48. The Hall–Kier alpha value is -0.410. The average molecular weight is 280 g/mol. The molecule has 0 aliphatic heterocycles. The van der Waals surface area contributed by atoms with Crippen LogP contribution in [-0.4, -0.2) is 11.5 Å². The van der Waals surface area contributed by atoms with E-state index in [1.54, 1.807) is 11.3 Å². The zero-order valence-corrected chi connectivity index (χ0v) is 13.6. The molecular weight excluding hydrogens is 252 g/mol. The van der Waals surface area contributed by atoms with Crippen LogP contribution in [0, 0.1) is 24.7 Å². The minimum atomic E-state index is 0.468. The fourth-order valence-corrected chi connectivity index (χ4v) is 4.27. The summed E-state index contributed by atoms with van der Waals surface area (Å²) in [5, 5.41) is 7.20. The molecule has 1 aliphatic carbocycles. The Bertz CT molecular complexity index is 378. The van der Waals surface area contributed by atoms with Gasteiger partial charge >= 0.3 is 0 Å². The molecule has 1 saturated carbocycles. The monoisotopic (exact) mass is 280 g/mol. The molecule has 1 aliphatic rings. The normalized spacial score (nSPS) is 29.4. The van der Waals surface area contributed by atoms with E-state index < -0.39 is 0 Å². The van der Waals surface area contributed by atoms with E-state index in [0.717, 1.165) is 24.3 Å². The highest BCUT2D eigenvalue weighted by molar-refractivity contribution is 7.09. The lowest BCUT2D eigenvalue weighted by molar-refractivity contribution is 0.175. The van der Waals surface area contributed by atoms with Gasteiger partial charge in [-0.05, 0) is 56.9 Å². The van der Waals surface area contributed by atoms with Crippen LogP contribution in [-0.2, 0) is 0 Å². The van der Waals surface area contributed by atoms with E-state index in [-0.39, 0.29) is 0 Å². The van der Waals surface area contributed by atoms with Gasteiger partial charge in [-0.3, -0.25) is 0 Å². The van der Waals surface area contributed by atoms with Gasteiger partial charge in [-0.15, -0.1) is 11.3 Å². The summed E-state index contributed by atoms with van der Waals surface area (Å²) in [7, 11) is 0. The van der Waals surface area contributed by atoms with Gasteiger partial charge in [0.1, 0.15) is 0 Å². The van der Waals surface area contributed by atoms with Crippen molar-refractivity contribution in [3.05, 3.63) is 16.1 Å². The first-order valence-electron chi connectivity index (χ1n) is 7.75. The standard InChI is InChI=1S/C16H28N2S/c1-5-6-17-16(15-10-19-13(4)18-15)14-8-11(2)7-12(3)9-14/h10-12,14,16-17H,5-9H2,1-4H3. The number of nitrogens with zero attached hydrogens (tertiary/aromatic N) is 1. The van der Waals surface area contributed by atoms with Crippen LogP contribution in [0.1, 0.15) is 63.2 Å². The Labute approximate surface area is 122 Å². The van der Waals surface area contributed by atoms with Crippen LogP contribution in [0.3, 0.4) is 0 Å². The molecule has 1 fully saturated rings. The molecule has 108 valence electrons. The lowest BCUT2D eigenvalue weighted by Gasteiger charge is -2.36. The second-order valence-electron chi connectivity index (χ2n) is 6.40. The first-order valence-corrected chi connectivity index (χ1v) is 8.63. The smallest absolute Gasteiger partial charge is 0.0898 e. The number of hydrogen-bond donors (Lipinski definition) is 1. The molecule has 19 heavy (non-hydrogen) atoms. The fraction of sp³-hybridized carbons (Fsp3) is 0.812. The Morgan fingerprint density at radius 3 is 2.53 bits per heavy atom. The Balaban J connectivity index is 2.12. The van der Waals surface area contributed by atoms with Crippen LogP contribution < -0.4 is 5.32 Å². The molecule has 3 atom stereocenters. The van der Waals surface area contributed by atoms with Crippen molar-refractivity contribution in [2.24, 2.45) is 17.8 Å². The highest BCUT2D eigenvalue weighted by Gasteiger charge is 2.31. The maximum Gasteiger partial charge on any atom is 0.0898 e. The van der Waals surface area contributed by atoms with Crippen molar-refractivity contribution in [2.45, 2.75) is 59.4 Å². The first kappa shape index (κ1) is 15.0. The van der Waals surface area contributed by atoms with Crippen molar-refractivity contribution in [2.75, 3.05) is 6.54 Å². The first-order chi connectivity index (χ1) is 9.10. The van der Waals surface area contributed by atoms with Crippen LogP contribution in [0.4, 0.5) is 0 Å². The van der Waals surface area contributed by atoms with Crippen molar-refractivity contribution in [1.82, 2.24) is 10.3 Å². The van der Waals surface area contributed by atoms with Crippen molar-refractivity contribution in [3.63, 3.8) is 0 Å². The Morgan fingerprint density at radius 2 is 2.00 bits per heavy atom. The van der Waals surface area contributed by atoms with Crippen molar-refractivity contribution >= 4 is 11.3 Å². The van der Waals surface area contributed by atoms with Gasteiger partial charge in [0.2, 0.25) is 0 Å². The van der Waals surface area contributed by atoms with E-state index in [0.29, 0.717) is 6.04 Å². The van der Waals surface area contributed by atoms with Crippen LogP contribution in [0.5, 0.6) is 0 Å². The zero-order chi connectivity index (χ0) is 13.8. The molecule has 1 heterocycles. The van der Waals surface area contributed by atoms with Crippen LogP contribution in [0.25, 0.3) is 0 Å². The predicted molar refractivity (Wildman–Crippen MR) is 83.6 cm³/mol. The molecule has 1 aromatic heterocycles. The summed E-state index contributed by atoms with van der Waals surface area (Å²) in [6, 6.07) is 0.468. The van der Waals surface area contributed by atoms with Gasteiger partial charge in [0, 0.05) is 5.38 Å². The molecule has 2 rings (SSSR count). The Kier molecular flexibility index (Phi) is 5.40. The van der Waals surface area contributed by atoms with Gasteiger partial charge in [-0.2, -0.15) is 0 Å². The number of aryl methyl sites for hydroxylation is 1. The third-order valence-corrected chi connectivity index (χ3v) is 5.05. The number of thiazole rings is 1. The van der Waals surface area contributed by atoms with Gasteiger partial charge in [-0.1, -0.05) is 20.8 Å². The third-order valence-electron chi connectivity index (χ3n) is 4.26. The quantitative estimate of drug-likeness (QED) is 0.855. The molecule has 1 aromatic rings. The molecule has 3 heteroatoms. The molecule has 0 aromatic carbocycles. The molecule has 3 unspecified atom stereocenters. The Morgan fingerprint density at radius 1 is 1.32 bits per heavy atom.